The summed E-state index contributed by atoms with van der Waals surface area (Å²) in [5.74, 6) is 2.46. The van der Waals surface area contributed by atoms with Crippen molar-refractivity contribution in [2.24, 2.45) is 11.8 Å². The molecule has 0 radical (unpaired) electrons. The van der Waals surface area contributed by atoms with Gasteiger partial charge in [0.05, 0.1) is 7.11 Å². The molecule has 1 aromatic carbocycles. The first-order valence-corrected chi connectivity index (χ1v) is 7.49. The summed E-state index contributed by atoms with van der Waals surface area (Å²) < 4.78 is 6.36. The van der Waals surface area contributed by atoms with Crippen LogP contribution in [0.5, 0.6) is 5.75 Å². The number of ether oxygens (including phenoxy) is 1. The van der Waals surface area contributed by atoms with Crippen LogP contribution in [0.15, 0.2) is 22.7 Å². The van der Waals surface area contributed by atoms with Crippen LogP contribution < -0.4 is 10.1 Å². The summed E-state index contributed by atoms with van der Waals surface area (Å²) in [4.78, 5) is 0. The first kappa shape index (κ1) is 13.7. The molecule has 0 aromatic heterocycles. The molecule has 3 atom stereocenters. The molecule has 100 valence electrons. The Balaban J connectivity index is 2.10. The molecule has 1 fully saturated rings. The van der Waals surface area contributed by atoms with E-state index < -0.39 is 0 Å². The first-order chi connectivity index (χ1) is 8.58. The largest absolute Gasteiger partial charge is 0.497 e. The molecule has 3 heteroatoms. The van der Waals surface area contributed by atoms with Crippen LogP contribution in [0.25, 0.3) is 0 Å². The van der Waals surface area contributed by atoms with Crippen LogP contribution in [0.1, 0.15) is 33.1 Å². The van der Waals surface area contributed by atoms with E-state index in [0.29, 0.717) is 6.04 Å². The third kappa shape index (κ3) is 3.41. The van der Waals surface area contributed by atoms with Crippen LogP contribution in [-0.2, 0) is 0 Å². The van der Waals surface area contributed by atoms with Crippen LogP contribution in [0.4, 0.5) is 5.69 Å². The van der Waals surface area contributed by atoms with Crippen LogP contribution >= 0.6 is 15.9 Å². The minimum atomic E-state index is 0.577. The Hall–Kier alpha value is -0.700. The molecule has 18 heavy (non-hydrogen) atoms. The topological polar surface area (TPSA) is 21.3 Å². The second-order valence-electron chi connectivity index (χ2n) is 5.53. The van der Waals surface area contributed by atoms with E-state index in [-0.39, 0.29) is 0 Å². The predicted octanol–water partition coefficient (Wildman–Crippen LogP) is 4.69. The number of nitrogens with one attached hydrogen (secondary N) is 1. The molecule has 2 nitrogen and oxygen atoms in total. The van der Waals surface area contributed by atoms with Crippen molar-refractivity contribution in [3.8, 4) is 5.75 Å². The van der Waals surface area contributed by atoms with E-state index in [9.17, 15) is 0 Å². The monoisotopic (exact) mass is 311 g/mol. The molecule has 1 aliphatic carbocycles. The smallest absolute Gasteiger partial charge is 0.122 e. The van der Waals surface area contributed by atoms with E-state index >= 15 is 0 Å². The molecule has 1 aromatic rings. The Morgan fingerprint density at radius 3 is 2.72 bits per heavy atom. The number of hydrogen-bond donors (Lipinski definition) is 1. The van der Waals surface area contributed by atoms with Crippen molar-refractivity contribution >= 4 is 21.6 Å². The molecule has 0 amide bonds. The van der Waals surface area contributed by atoms with Gasteiger partial charge in [0.2, 0.25) is 0 Å². The fourth-order valence-corrected chi connectivity index (χ4v) is 3.18. The van der Waals surface area contributed by atoms with Crippen molar-refractivity contribution in [1.29, 1.82) is 0 Å². The van der Waals surface area contributed by atoms with Crippen molar-refractivity contribution in [3.05, 3.63) is 22.7 Å². The van der Waals surface area contributed by atoms with Gasteiger partial charge >= 0.3 is 0 Å². The number of benzene rings is 1. The van der Waals surface area contributed by atoms with Gasteiger partial charge < -0.3 is 10.1 Å². The zero-order chi connectivity index (χ0) is 13.1. The Bertz CT molecular complexity index is 407. The molecule has 0 heterocycles. The molecule has 1 aliphatic rings. The van der Waals surface area contributed by atoms with Gasteiger partial charge in [0.25, 0.3) is 0 Å². The summed E-state index contributed by atoms with van der Waals surface area (Å²) in [5.41, 5.74) is 1.15. The summed E-state index contributed by atoms with van der Waals surface area (Å²) in [5, 5.41) is 3.67. The fourth-order valence-electron chi connectivity index (χ4n) is 2.71. The van der Waals surface area contributed by atoms with Gasteiger partial charge in [-0.1, -0.05) is 36.2 Å². The Kier molecular flexibility index (Phi) is 4.55. The van der Waals surface area contributed by atoms with E-state index in [1.807, 2.05) is 6.07 Å². The second-order valence-corrected chi connectivity index (χ2v) is 6.44. The first-order valence-electron chi connectivity index (χ1n) is 6.69. The predicted molar refractivity (Wildman–Crippen MR) is 80.3 cm³/mol. The van der Waals surface area contributed by atoms with Crippen LogP contribution in [0, 0.1) is 11.8 Å². The van der Waals surface area contributed by atoms with Gasteiger partial charge in [-0.05, 0) is 36.8 Å². The Morgan fingerprint density at radius 2 is 2.00 bits per heavy atom. The SMILES string of the molecule is COc1cc(Br)cc(NC2CC(C)CCC2C)c1. The highest BCUT2D eigenvalue weighted by atomic mass is 79.9. The van der Waals surface area contributed by atoms with Gasteiger partial charge in [0.15, 0.2) is 0 Å². The van der Waals surface area contributed by atoms with Gasteiger partial charge in [0.1, 0.15) is 5.75 Å². The van der Waals surface area contributed by atoms with E-state index in [4.69, 9.17) is 4.74 Å². The van der Waals surface area contributed by atoms with Crippen molar-refractivity contribution in [3.63, 3.8) is 0 Å². The van der Waals surface area contributed by atoms with E-state index in [2.05, 4.69) is 47.2 Å². The molecule has 0 aliphatic heterocycles. The molecule has 2 rings (SSSR count). The molecular weight excluding hydrogens is 290 g/mol. The molecule has 0 bridgehead atoms. The lowest BCUT2D eigenvalue weighted by atomic mass is 9.80. The van der Waals surface area contributed by atoms with Crippen LogP contribution in [0.2, 0.25) is 0 Å². The standard InChI is InChI=1S/C15H22BrNO/c1-10-4-5-11(2)15(6-10)17-13-7-12(16)8-14(9-13)18-3/h7-11,15,17H,4-6H2,1-3H3. The Labute approximate surface area is 118 Å². The lowest BCUT2D eigenvalue weighted by Gasteiger charge is -2.34. The number of hydrogen-bond acceptors (Lipinski definition) is 2. The van der Waals surface area contributed by atoms with Crippen LogP contribution in [0.3, 0.4) is 0 Å². The highest BCUT2D eigenvalue weighted by molar-refractivity contribution is 9.10. The zero-order valence-electron chi connectivity index (χ0n) is 11.4. The summed E-state index contributed by atoms with van der Waals surface area (Å²) in [6, 6.07) is 6.75. The normalized spacial score (nSPS) is 27.9. The fraction of sp³-hybridized carbons (Fsp3) is 0.600. The third-order valence-electron chi connectivity index (χ3n) is 3.92. The average Bonchev–Trinajstić information content (AvgIpc) is 2.33. The lowest BCUT2D eigenvalue weighted by Crippen LogP contribution is -2.33. The highest BCUT2D eigenvalue weighted by Crippen LogP contribution is 2.32. The minimum Gasteiger partial charge on any atom is -0.497 e. The maximum atomic E-state index is 5.30. The number of rotatable bonds is 3. The number of anilines is 1. The molecule has 3 unspecified atom stereocenters. The quantitative estimate of drug-likeness (QED) is 0.874. The summed E-state index contributed by atoms with van der Waals surface area (Å²) in [6.45, 7) is 4.70. The van der Waals surface area contributed by atoms with Crippen molar-refractivity contribution in [2.45, 2.75) is 39.2 Å². The van der Waals surface area contributed by atoms with E-state index in [1.165, 1.54) is 19.3 Å². The number of halogens is 1. The summed E-state index contributed by atoms with van der Waals surface area (Å²) in [7, 11) is 1.71. The van der Waals surface area contributed by atoms with E-state index in [0.717, 1.165) is 27.7 Å². The van der Waals surface area contributed by atoms with Gasteiger partial charge in [0, 0.05) is 22.3 Å². The van der Waals surface area contributed by atoms with Crippen molar-refractivity contribution < 1.29 is 4.74 Å². The molecular formula is C15H22BrNO. The lowest BCUT2D eigenvalue weighted by molar-refractivity contribution is 0.280. The van der Waals surface area contributed by atoms with E-state index in [1.54, 1.807) is 7.11 Å². The van der Waals surface area contributed by atoms with Crippen LogP contribution in [-0.4, -0.2) is 13.2 Å². The molecule has 0 saturated heterocycles. The average molecular weight is 312 g/mol. The zero-order valence-corrected chi connectivity index (χ0v) is 13.0. The Morgan fingerprint density at radius 1 is 1.22 bits per heavy atom. The van der Waals surface area contributed by atoms with Gasteiger partial charge in [-0.2, -0.15) is 0 Å². The van der Waals surface area contributed by atoms with Crippen molar-refractivity contribution in [2.75, 3.05) is 12.4 Å². The highest BCUT2D eigenvalue weighted by Gasteiger charge is 2.25. The molecule has 1 saturated carbocycles. The van der Waals surface area contributed by atoms with Crippen molar-refractivity contribution in [1.82, 2.24) is 0 Å². The minimum absolute atomic E-state index is 0.577. The maximum absolute atomic E-state index is 5.30. The molecule has 1 N–H and O–H groups in total. The summed E-state index contributed by atoms with van der Waals surface area (Å²) in [6.07, 6.45) is 3.95. The summed E-state index contributed by atoms with van der Waals surface area (Å²) >= 11 is 3.53. The van der Waals surface area contributed by atoms with Gasteiger partial charge in [-0.15, -0.1) is 0 Å². The van der Waals surface area contributed by atoms with Gasteiger partial charge in [-0.25, -0.2) is 0 Å². The second kappa shape index (κ2) is 5.96. The van der Waals surface area contributed by atoms with Gasteiger partial charge in [-0.3, -0.25) is 0 Å². The number of methoxy groups -OCH3 is 1. The molecule has 0 spiro atoms. The maximum Gasteiger partial charge on any atom is 0.122 e. The third-order valence-corrected chi connectivity index (χ3v) is 4.37.